The maximum absolute atomic E-state index is 11.1. The monoisotopic (exact) mass is 278 g/mol. The Bertz CT molecular complexity index is 428. The van der Waals surface area contributed by atoms with Crippen molar-refractivity contribution in [3.05, 3.63) is 36.4 Å². The maximum Gasteiger partial charge on any atom is 0.305 e. The van der Waals surface area contributed by atoms with Crippen molar-refractivity contribution in [1.82, 2.24) is 0 Å². The second-order valence-electron chi connectivity index (χ2n) is 4.27. The predicted molar refractivity (Wildman–Crippen MR) is 78.4 cm³/mol. The molecule has 0 radical (unpaired) electrons. The molecule has 0 aromatic heterocycles. The van der Waals surface area contributed by atoms with E-state index in [1.54, 1.807) is 13.0 Å². The molecule has 1 rings (SSSR count). The molecule has 0 heterocycles. The van der Waals surface area contributed by atoms with E-state index in [9.17, 15) is 4.79 Å². The molecule has 0 amide bonds. The molecular weight excluding hydrogens is 256 g/mol. The Kier molecular flexibility index (Phi) is 7.43. The first kappa shape index (κ1) is 16.2. The molecule has 0 aliphatic rings. The van der Waals surface area contributed by atoms with Gasteiger partial charge in [-0.2, -0.15) is 0 Å². The zero-order chi connectivity index (χ0) is 14.8. The van der Waals surface area contributed by atoms with Crippen LogP contribution in [0.3, 0.4) is 0 Å². The summed E-state index contributed by atoms with van der Waals surface area (Å²) in [6.07, 6.45) is 2.55. The lowest BCUT2D eigenvalue weighted by atomic mass is 10.2. The van der Waals surface area contributed by atoms with Crippen molar-refractivity contribution in [2.45, 2.75) is 33.0 Å². The molecule has 1 atom stereocenters. The average Bonchev–Trinajstić information content (AvgIpc) is 2.44. The summed E-state index contributed by atoms with van der Waals surface area (Å²) in [6.45, 7) is 8.03. The minimum Gasteiger partial charge on any atom is -0.465 e. The van der Waals surface area contributed by atoms with Crippen LogP contribution in [0.15, 0.2) is 30.8 Å². The van der Waals surface area contributed by atoms with Crippen LogP contribution >= 0.6 is 0 Å². The molecule has 4 nitrogen and oxygen atoms in total. The third kappa shape index (κ3) is 5.89. The highest BCUT2D eigenvalue weighted by atomic mass is 16.7. The highest BCUT2D eigenvalue weighted by Crippen LogP contribution is 2.20. The number of benzene rings is 1. The summed E-state index contributed by atoms with van der Waals surface area (Å²) in [5.41, 5.74) is 0.914. The average molecular weight is 278 g/mol. The fourth-order valence-corrected chi connectivity index (χ4v) is 1.62. The van der Waals surface area contributed by atoms with Crippen LogP contribution in [0.4, 0.5) is 0 Å². The van der Waals surface area contributed by atoms with Gasteiger partial charge in [-0.3, -0.25) is 4.79 Å². The van der Waals surface area contributed by atoms with Gasteiger partial charge in [-0.25, -0.2) is 0 Å². The zero-order valence-corrected chi connectivity index (χ0v) is 12.1. The standard InChI is InChI=1S/C16H22O4/c1-4-8-16(17)19-12-11-18-13(3)20-15-10-7-6-9-14(15)5-2/h5-7,9-10,13H,2,4,8,11-12H2,1,3H3. The van der Waals surface area contributed by atoms with Crippen LogP contribution in [-0.2, 0) is 14.3 Å². The summed E-state index contributed by atoms with van der Waals surface area (Å²) < 4.78 is 16.1. The number of carbonyl (C=O) groups is 1. The van der Waals surface area contributed by atoms with Crippen molar-refractivity contribution in [2.75, 3.05) is 13.2 Å². The van der Waals surface area contributed by atoms with Gasteiger partial charge in [0.05, 0.1) is 6.61 Å². The first-order valence-electron chi connectivity index (χ1n) is 6.82. The van der Waals surface area contributed by atoms with Gasteiger partial charge in [0.1, 0.15) is 12.4 Å². The number of ether oxygens (including phenoxy) is 3. The van der Waals surface area contributed by atoms with E-state index in [4.69, 9.17) is 14.2 Å². The van der Waals surface area contributed by atoms with Crippen molar-refractivity contribution in [2.24, 2.45) is 0 Å². The topological polar surface area (TPSA) is 44.8 Å². The lowest BCUT2D eigenvalue weighted by molar-refractivity contribution is -0.148. The fourth-order valence-electron chi connectivity index (χ4n) is 1.62. The summed E-state index contributed by atoms with van der Waals surface area (Å²) in [4.78, 5) is 11.1. The van der Waals surface area contributed by atoms with Crippen molar-refractivity contribution >= 4 is 12.0 Å². The van der Waals surface area contributed by atoms with Gasteiger partial charge in [0, 0.05) is 12.0 Å². The molecule has 0 saturated carbocycles. The molecule has 0 spiro atoms. The SMILES string of the molecule is C=Cc1ccccc1OC(C)OCCOC(=O)CCC. The molecular formula is C16H22O4. The first-order valence-corrected chi connectivity index (χ1v) is 6.82. The zero-order valence-electron chi connectivity index (χ0n) is 12.1. The normalized spacial score (nSPS) is 11.7. The number of hydrogen-bond acceptors (Lipinski definition) is 4. The summed E-state index contributed by atoms with van der Waals surface area (Å²) in [5.74, 6) is 0.527. The number of hydrogen-bond donors (Lipinski definition) is 0. The molecule has 0 fully saturated rings. The van der Waals surface area contributed by atoms with Gasteiger partial charge >= 0.3 is 5.97 Å². The Labute approximate surface area is 120 Å². The molecule has 0 bridgehead atoms. The minimum absolute atomic E-state index is 0.193. The van der Waals surface area contributed by atoms with Crippen LogP contribution in [-0.4, -0.2) is 25.5 Å². The van der Waals surface area contributed by atoms with Crippen molar-refractivity contribution in [3.8, 4) is 5.75 Å². The number of rotatable bonds is 9. The molecule has 4 heteroatoms. The van der Waals surface area contributed by atoms with Crippen LogP contribution in [0.5, 0.6) is 5.75 Å². The highest BCUT2D eigenvalue weighted by molar-refractivity contribution is 5.69. The van der Waals surface area contributed by atoms with Gasteiger partial charge in [0.25, 0.3) is 0 Å². The Morgan fingerprint density at radius 1 is 1.35 bits per heavy atom. The van der Waals surface area contributed by atoms with Gasteiger partial charge in [0.15, 0.2) is 6.29 Å². The van der Waals surface area contributed by atoms with Crippen molar-refractivity contribution in [1.29, 1.82) is 0 Å². The number of para-hydroxylation sites is 1. The molecule has 0 N–H and O–H groups in total. The third-order valence-corrected chi connectivity index (χ3v) is 2.58. The number of esters is 1. The highest BCUT2D eigenvalue weighted by Gasteiger charge is 2.07. The molecule has 1 unspecified atom stereocenters. The van der Waals surface area contributed by atoms with Gasteiger partial charge in [-0.05, 0) is 19.4 Å². The third-order valence-electron chi connectivity index (χ3n) is 2.58. The largest absolute Gasteiger partial charge is 0.465 e. The Hall–Kier alpha value is -1.81. The fraction of sp³-hybridized carbons (Fsp3) is 0.438. The van der Waals surface area contributed by atoms with Gasteiger partial charge in [0.2, 0.25) is 0 Å². The van der Waals surface area contributed by atoms with Gasteiger partial charge < -0.3 is 14.2 Å². The van der Waals surface area contributed by atoms with Gasteiger partial charge in [-0.1, -0.05) is 37.8 Å². The molecule has 20 heavy (non-hydrogen) atoms. The maximum atomic E-state index is 11.1. The summed E-state index contributed by atoms with van der Waals surface area (Å²) >= 11 is 0. The number of carbonyl (C=O) groups excluding carboxylic acids is 1. The molecule has 1 aromatic carbocycles. The molecule has 0 aliphatic carbocycles. The van der Waals surface area contributed by atoms with E-state index in [-0.39, 0.29) is 12.6 Å². The second kappa shape index (κ2) is 9.15. The minimum atomic E-state index is -0.416. The van der Waals surface area contributed by atoms with Crippen molar-refractivity contribution in [3.63, 3.8) is 0 Å². The van der Waals surface area contributed by atoms with E-state index in [1.165, 1.54) is 0 Å². The Morgan fingerprint density at radius 2 is 2.10 bits per heavy atom. The van der Waals surface area contributed by atoms with Crippen molar-refractivity contribution < 1.29 is 19.0 Å². The van der Waals surface area contributed by atoms with E-state index in [2.05, 4.69) is 6.58 Å². The van der Waals surface area contributed by atoms with Crippen LogP contribution in [0.25, 0.3) is 6.08 Å². The quantitative estimate of drug-likeness (QED) is 0.394. The van der Waals surface area contributed by atoms with E-state index in [0.717, 1.165) is 17.7 Å². The molecule has 110 valence electrons. The lowest BCUT2D eigenvalue weighted by Crippen LogP contribution is -2.20. The van der Waals surface area contributed by atoms with E-state index in [0.29, 0.717) is 13.0 Å². The van der Waals surface area contributed by atoms with Crippen LogP contribution < -0.4 is 4.74 Å². The summed E-state index contributed by atoms with van der Waals surface area (Å²) in [5, 5.41) is 0. The van der Waals surface area contributed by atoms with Crippen LogP contribution in [0, 0.1) is 0 Å². The predicted octanol–water partition coefficient (Wildman–Crippen LogP) is 3.41. The van der Waals surface area contributed by atoms with E-state index in [1.807, 2.05) is 31.2 Å². The second-order valence-corrected chi connectivity index (χ2v) is 4.27. The summed E-state index contributed by atoms with van der Waals surface area (Å²) in [7, 11) is 0. The van der Waals surface area contributed by atoms with Gasteiger partial charge in [-0.15, -0.1) is 0 Å². The van der Waals surface area contributed by atoms with Crippen LogP contribution in [0.1, 0.15) is 32.3 Å². The summed E-state index contributed by atoms with van der Waals surface area (Å²) in [6, 6.07) is 7.59. The van der Waals surface area contributed by atoms with Crippen LogP contribution in [0.2, 0.25) is 0 Å². The lowest BCUT2D eigenvalue weighted by Gasteiger charge is -2.17. The first-order chi connectivity index (χ1) is 9.67. The Balaban J connectivity index is 2.28. The van der Waals surface area contributed by atoms with E-state index < -0.39 is 6.29 Å². The Morgan fingerprint density at radius 3 is 2.80 bits per heavy atom. The molecule has 0 aliphatic heterocycles. The molecule has 1 aromatic rings. The smallest absolute Gasteiger partial charge is 0.305 e. The molecule has 0 saturated heterocycles. The van der Waals surface area contributed by atoms with E-state index >= 15 is 0 Å².